The Morgan fingerprint density at radius 1 is 0.872 bits per heavy atom. The average molecular weight is 538 g/mol. The second-order valence-corrected chi connectivity index (χ2v) is 11.8. The summed E-state index contributed by atoms with van der Waals surface area (Å²) in [6.07, 6.45) is -0.00526. The number of benzene rings is 2. The molecule has 0 bridgehead atoms. The summed E-state index contributed by atoms with van der Waals surface area (Å²) in [5.41, 5.74) is 4.51. The number of nitrogens with one attached hydrogen (secondary N) is 2. The molecule has 2 N–H and O–H groups in total. The number of amides is 3. The van der Waals surface area contributed by atoms with Crippen molar-refractivity contribution in [2.24, 2.45) is 5.92 Å². The van der Waals surface area contributed by atoms with Gasteiger partial charge in [-0.15, -0.1) is 0 Å². The van der Waals surface area contributed by atoms with Crippen molar-refractivity contribution in [3.05, 3.63) is 64.2 Å². The first-order valence-electron chi connectivity index (χ1n) is 13.8. The van der Waals surface area contributed by atoms with Crippen LogP contribution in [0.2, 0.25) is 0 Å². The van der Waals surface area contributed by atoms with Crippen LogP contribution in [0, 0.1) is 33.6 Å². The van der Waals surface area contributed by atoms with Crippen molar-refractivity contribution in [3.63, 3.8) is 0 Å². The lowest BCUT2D eigenvalue weighted by Crippen LogP contribution is -2.56. The van der Waals surface area contributed by atoms with Gasteiger partial charge >= 0.3 is 6.09 Å². The van der Waals surface area contributed by atoms with Crippen LogP contribution >= 0.6 is 0 Å². The van der Waals surface area contributed by atoms with E-state index in [1.165, 1.54) is 0 Å². The van der Waals surface area contributed by atoms with Gasteiger partial charge in [-0.2, -0.15) is 0 Å². The second-order valence-electron chi connectivity index (χ2n) is 11.8. The Morgan fingerprint density at radius 3 is 1.79 bits per heavy atom. The maximum Gasteiger partial charge on any atom is 0.408 e. The van der Waals surface area contributed by atoms with Crippen molar-refractivity contribution in [3.8, 4) is 0 Å². The fourth-order valence-corrected chi connectivity index (χ4v) is 4.82. The Bertz CT molecular complexity index is 1140. The largest absolute Gasteiger partial charge is 0.444 e. The van der Waals surface area contributed by atoms with Gasteiger partial charge in [0.25, 0.3) is 5.91 Å². The van der Waals surface area contributed by atoms with Gasteiger partial charge < -0.3 is 20.3 Å². The van der Waals surface area contributed by atoms with E-state index >= 15 is 0 Å². The van der Waals surface area contributed by atoms with Crippen molar-refractivity contribution in [2.75, 3.05) is 5.32 Å². The zero-order valence-corrected chi connectivity index (χ0v) is 25.6. The van der Waals surface area contributed by atoms with E-state index in [1.807, 2.05) is 91.8 Å². The molecule has 0 fully saturated rings. The number of para-hydroxylation sites is 1. The number of alkyl carbamates (subject to hydrolysis) is 1. The highest BCUT2D eigenvalue weighted by Crippen LogP contribution is 2.33. The Labute approximate surface area is 234 Å². The second kappa shape index (κ2) is 13.1. The van der Waals surface area contributed by atoms with E-state index in [1.54, 1.807) is 25.7 Å². The SMILES string of the molecule is CCC(C)C(NC(=O)OC(C)(C)C)C(=O)N(C(C)C)C(C(=O)Nc1c(C)cccc1C)c1c(C)cccc1C. The van der Waals surface area contributed by atoms with E-state index in [-0.39, 0.29) is 23.8 Å². The highest BCUT2D eigenvalue weighted by Gasteiger charge is 2.40. The molecule has 0 spiro atoms. The van der Waals surface area contributed by atoms with Crippen molar-refractivity contribution in [1.29, 1.82) is 0 Å². The molecule has 0 saturated carbocycles. The summed E-state index contributed by atoms with van der Waals surface area (Å²) in [6, 6.07) is 9.59. The number of nitrogens with zero attached hydrogens (tertiary/aromatic N) is 1. The number of rotatable bonds is 9. The molecule has 2 aromatic carbocycles. The molecule has 2 rings (SSSR count). The summed E-state index contributed by atoms with van der Waals surface area (Å²) in [6.45, 7) is 20.8. The Hall–Kier alpha value is -3.35. The third-order valence-electron chi connectivity index (χ3n) is 7.03. The minimum Gasteiger partial charge on any atom is -0.444 e. The van der Waals surface area contributed by atoms with Gasteiger partial charge in [-0.25, -0.2) is 4.79 Å². The maximum absolute atomic E-state index is 14.4. The standard InChI is InChI=1S/C32H47N3O4/c1-12-20(4)27(34-31(38)39-32(9,10)11)30(37)35(19(2)3)28(25-21(5)15-13-16-22(25)6)29(36)33-26-23(7)17-14-18-24(26)8/h13-20,27-28H,12H2,1-11H3,(H,33,36)(H,34,38). The van der Waals surface area contributed by atoms with Gasteiger partial charge in [0.2, 0.25) is 5.91 Å². The molecule has 3 amide bonds. The summed E-state index contributed by atoms with van der Waals surface area (Å²) in [7, 11) is 0. The number of hydrogen-bond donors (Lipinski definition) is 2. The normalized spacial score (nSPS) is 13.8. The number of anilines is 1. The molecule has 0 heterocycles. The molecule has 0 aliphatic rings. The first-order chi connectivity index (χ1) is 18.1. The van der Waals surface area contributed by atoms with Gasteiger partial charge in [0.05, 0.1) is 0 Å². The molecule has 0 aliphatic carbocycles. The van der Waals surface area contributed by atoms with Crippen LogP contribution in [0.3, 0.4) is 0 Å². The van der Waals surface area contributed by atoms with Crippen LogP contribution in [0.4, 0.5) is 10.5 Å². The van der Waals surface area contributed by atoms with Crippen molar-refractivity contribution in [2.45, 2.75) is 106 Å². The molecule has 0 aliphatic heterocycles. The number of aryl methyl sites for hydroxylation is 4. The van der Waals surface area contributed by atoms with Gasteiger partial charge in [0, 0.05) is 11.7 Å². The molecular formula is C32H47N3O4. The molecular weight excluding hydrogens is 490 g/mol. The predicted octanol–water partition coefficient (Wildman–Crippen LogP) is 6.78. The topological polar surface area (TPSA) is 87.7 Å². The number of carbonyl (C=O) groups excluding carboxylic acids is 3. The van der Waals surface area contributed by atoms with Crippen LogP contribution in [0.25, 0.3) is 0 Å². The maximum atomic E-state index is 14.4. The molecule has 7 nitrogen and oxygen atoms in total. The van der Waals surface area contributed by atoms with Crippen molar-refractivity contribution >= 4 is 23.6 Å². The van der Waals surface area contributed by atoms with Crippen molar-refractivity contribution < 1.29 is 19.1 Å². The van der Waals surface area contributed by atoms with E-state index in [0.717, 1.165) is 33.5 Å². The smallest absolute Gasteiger partial charge is 0.408 e. The molecule has 0 radical (unpaired) electrons. The number of hydrogen-bond acceptors (Lipinski definition) is 4. The predicted molar refractivity (Wildman–Crippen MR) is 158 cm³/mol. The Morgan fingerprint density at radius 2 is 1.36 bits per heavy atom. The molecule has 39 heavy (non-hydrogen) atoms. The molecule has 3 unspecified atom stereocenters. The Balaban J connectivity index is 2.66. The van der Waals surface area contributed by atoms with Gasteiger partial charge in [-0.3, -0.25) is 9.59 Å². The van der Waals surface area contributed by atoms with E-state index in [2.05, 4.69) is 10.6 Å². The fraction of sp³-hybridized carbons (Fsp3) is 0.531. The number of carbonyl (C=O) groups is 3. The minimum absolute atomic E-state index is 0.188. The summed E-state index contributed by atoms with van der Waals surface area (Å²) >= 11 is 0. The van der Waals surface area contributed by atoms with E-state index in [0.29, 0.717) is 6.42 Å². The lowest BCUT2D eigenvalue weighted by molar-refractivity contribution is -0.144. The monoisotopic (exact) mass is 537 g/mol. The number of ether oxygens (including phenoxy) is 1. The first-order valence-corrected chi connectivity index (χ1v) is 13.8. The lowest BCUT2D eigenvalue weighted by Gasteiger charge is -2.39. The molecule has 2 aromatic rings. The van der Waals surface area contributed by atoms with E-state index in [4.69, 9.17) is 4.74 Å². The van der Waals surface area contributed by atoms with Gasteiger partial charge in [-0.1, -0.05) is 56.7 Å². The highest BCUT2D eigenvalue weighted by atomic mass is 16.6. The quantitative estimate of drug-likeness (QED) is 0.369. The zero-order chi connectivity index (χ0) is 29.7. The first kappa shape index (κ1) is 31.9. The molecule has 3 atom stereocenters. The fourth-order valence-electron chi connectivity index (χ4n) is 4.82. The van der Waals surface area contributed by atoms with Crippen LogP contribution < -0.4 is 10.6 Å². The van der Waals surface area contributed by atoms with E-state index in [9.17, 15) is 14.4 Å². The van der Waals surface area contributed by atoms with Crippen LogP contribution in [0.15, 0.2) is 36.4 Å². The van der Waals surface area contributed by atoms with E-state index < -0.39 is 23.8 Å². The zero-order valence-electron chi connectivity index (χ0n) is 25.6. The summed E-state index contributed by atoms with van der Waals surface area (Å²) in [4.78, 5) is 43.0. The molecule has 214 valence electrons. The van der Waals surface area contributed by atoms with Gasteiger partial charge in [0.15, 0.2) is 0 Å². The average Bonchev–Trinajstić information content (AvgIpc) is 2.82. The van der Waals surface area contributed by atoms with Crippen LogP contribution in [0.1, 0.15) is 88.7 Å². The van der Waals surface area contributed by atoms with Crippen molar-refractivity contribution in [1.82, 2.24) is 10.2 Å². The van der Waals surface area contributed by atoms with Gasteiger partial charge in [0.1, 0.15) is 17.7 Å². The lowest BCUT2D eigenvalue weighted by atomic mass is 9.91. The molecule has 0 aromatic heterocycles. The third-order valence-corrected chi connectivity index (χ3v) is 7.03. The van der Waals surface area contributed by atoms with Gasteiger partial charge in [-0.05, 0) is 96.0 Å². The summed E-state index contributed by atoms with van der Waals surface area (Å²) in [5.74, 6) is -0.812. The highest BCUT2D eigenvalue weighted by molar-refractivity contribution is 6.00. The minimum atomic E-state index is -0.912. The van der Waals surface area contributed by atoms with Crippen LogP contribution in [-0.4, -0.2) is 40.5 Å². The molecule has 7 heteroatoms. The summed E-state index contributed by atoms with van der Waals surface area (Å²) < 4.78 is 5.49. The molecule has 0 saturated heterocycles. The Kier molecular flexibility index (Phi) is 10.7. The summed E-state index contributed by atoms with van der Waals surface area (Å²) in [5, 5.41) is 5.95. The third kappa shape index (κ3) is 8.07. The van der Waals surface area contributed by atoms with Crippen LogP contribution in [-0.2, 0) is 14.3 Å². The van der Waals surface area contributed by atoms with Crippen LogP contribution in [0.5, 0.6) is 0 Å².